The molecule has 0 fully saturated rings. The largest absolute Gasteiger partial charge is 0.323 e. The number of benzene rings is 1. The lowest BCUT2D eigenvalue weighted by Crippen LogP contribution is -2.07. The first-order chi connectivity index (χ1) is 6.72. The lowest BCUT2D eigenvalue weighted by Gasteiger charge is -2.07. The van der Waals surface area contributed by atoms with Gasteiger partial charge in [0.25, 0.3) is 0 Å². The molecule has 5 heteroatoms. The van der Waals surface area contributed by atoms with Crippen LogP contribution in [-0.4, -0.2) is 4.98 Å². The summed E-state index contributed by atoms with van der Waals surface area (Å²) in [5, 5.41) is 1.03. The van der Waals surface area contributed by atoms with Crippen LogP contribution in [-0.2, 0) is 0 Å². The fourth-order valence-electron chi connectivity index (χ4n) is 1.47. The fourth-order valence-corrected chi connectivity index (χ4v) is 2.15. The third-order valence-corrected chi connectivity index (χ3v) is 2.70. The highest BCUT2D eigenvalue weighted by Crippen LogP contribution is 2.28. The molecule has 1 aromatic heterocycles. The van der Waals surface area contributed by atoms with Crippen LogP contribution in [0.4, 0.5) is 5.69 Å². The van der Waals surface area contributed by atoms with Gasteiger partial charge in [0.05, 0.1) is 11.2 Å². The Hall–Kier alpha value is -0.840. The van der Waals surface area contributed by atoms with Crippen LogP contribution in [0.3, 0.4) is 0 Å². The smallest absolute Gasteiger partial charge is 0.0865 e. The molecular formula is C10H11BrClN3. The molecule has 0 aliphatic carbocycles. The van der Waals surface area contributed by atoms with Crippen molar-refractivity contribution in [2.45, 2.75) is 6.92 Å². The summed E-state index contributed by atoms with van der Waals surface area (Å²) in [7, 11) is 0. The zero-order valence-corrected chi connectivity index (χ0v) is 10.5. The van der Waals surface area contributed by atoms with Crippen LogP contribution in [0.5, 0.6) is 0 Å². The summed E-state index contributed by atoms with van der Waals surface area (Å²) in [6, 6.07) is 5.95. The van der Waals surface area contributed by atoms with Gasteiger partial charge in [0.2, 0.25) is 0 Å². The number of nitrogens with zero attached hydrogens (tertiary/aromatic N) is 1. The molecule has 0 aliphatic heterocycles. The molecule has 1 heterocycles. The number of hydrogen-bond donors (Lipinski definition) is 2. The Morgan fingerprint density at radius 3 is 2.80 bits per heavy atom. The Morgan fingerprint density at radius 1 is 1.40 bits per heavy atom. The first-order valence-electron chi connectivity index (χ1n) is 4.24. The predicted octanol–water partition coefficient (Wildman–Crippen LogP) is 3.01. The molecule has 0 radical (unpaired) electrons. The normalized spacial score (nSPS) is 9.80. The van der Waals surface area contributed by atoms with Gasteiger partial charge in [-0.15, -0.1) is 12.4 Å². The molecule has 0 bridgehead atoms. The zero-order chi connectivity index (χ0) is 10.1. The maximum absolute atomic E-state index is 5.42. The van der Waals surface area contributed by atoms with Gasteiger partial charge in [-0.1, -0.05) is 0 Å². The highest BCUT2D eigenvalue weighted by Gasteiger charge is 2.04. The lowest BCUT2D eigenvalue weighted by atomic mass is 10.1. The van der Waals surface area contributed by atoms with E-state index in [1.165, 1.54) is 5.56 Å². The summed E-state index contributed by atoms with van der Waals surface area (Å²) in [4.78, 5) is 4.29. The van der Waals surface area contributed by atoms with Crippen molar-refractivity contribution < 1.29 is 0 Å². The Labute approximate surface area is 103 Å². The number of nitrogen functional groups attached to an aromatic ring is 1. The maximum Gasteiger partial charge on any atom is 0.0865 e. The second-order valence-electron chi connectivity index (χ2n) is 3.15. The summed E-state index contributed by atoms with van der Waals surface area (Å²) in [5.41, 5.74) is 5.65. The highest BCUT2D eigenvalue weighted by molar-refractivity contribution is 9.10. The highest BCUT2D eigenvalue weighted by atomic mass is 79.9. The van der Waals surface area contributed by atoms with Gasteiger partial charge in [-0.2, -0.15) is 0 Å². The molecule has 1 aromatic carbocycles. The van der Waals surface area contributed by atoms with Gasteiger partial charge in [0.15, 0.2) is 0 Å². The first kappa shape index (κ1) is 12.2. The third kappa shape index (κ3) is 2.22. The molecule has 2 aromatic rings. The quantitative estimate of drug-likeness (QED) is 0.626. The minimum atomic E-state index is 0. The molecule has 0 spiro atoms. The van der Waals surface area contributed by atoms with Crippen molar-refractivity contribution in [3.05, 3.63) is 34.4 Å². The van der Waals surface area contributed by atoms with E-state index < -0.39 is 0 Å². The Morgan fingerprint density at radius 2 is 2.13 bits per heavy atom. The number of hydrogen-bond acceptors (Lipinski definition) is 3. The second kappa shape index (κ2) is 4.79. The van der Waals surface area contributed by atoms with Crippen molar-refractivity contribution in [3.8, 4) is 0 Å². The lowest BCUT2D eigenvalue weighted by molar-refractivity contribution is 1.32. The van der Waals surface area contributed by atoms with Crippen LogP contribution in [0.1, 0.15) is 5.56 Å². The van der Waals surface area contributed by atoms with Crippen molar-refractivity contribution in [2.75, 3.05) is 5.43 Å². The molecule has 2 rings (SSSR count). The van der Waals surface area contributed by atoms with Crippen LogP contribution >= 0.6 is 28.3 Å². The average molecular weight is 289 g/mol. The third-order valence-electron chi connectivity index (χ3n) is 2.10. The van der Waals surface area contributed by atoms with Crippen LogP contribution in [0.2, 0.25) is 0 Å². The van der Waals surface area contributed by atoms with Crippen molar-refractivity contribution in [2.24, 2.45) is 5.84 Å². The number of rotatable bonds is 1. The number of hydrazine groups is 1. The molecule has 3 nitrogen and oxygen atoms in total. The van der Waals surface area contributed by atoms with Gasteiger partial charge in [-0.3, -0.25) is 10.8 Å². The molecule has 3 N–H and O–H groups in total. The van der Waals surface area contributed by atoms with E-state index in [1.807, 2.05) is 19.1 Å². The SMILES string of the molecule is Cc1cc(Br)c2nccc(NN)c2c1.Cl. The van der Waals surface area contributed by atoms with E-state index >= 15 is 0 Å². The minimum Gasteiger partial charge on any atom is -0.323 e. The molecule has 0 atom stereocenters. The van der Waals surface area contributed by atoms with E-state index in [4.69, 9.17) is 5.84 Å². The number of halogens is 2. The number of nitrogens with one attached hydrogen (secondary N) is 1. The van der Waals surface area contributed by atoms with Crippen molar-refractivity contribution in [1.82, 2.24) is 4.98 Å². The monoisotopic (exact) mass is 287 g/mol. The maximum atomic E-state index is 5.42. The Balaban J connectivity index is 0.00000112. The second-order valence-corrected chi connectivity index (χ2v) is 4.00. The Kier molecular flexibility index (Phi) is 3.90. The standard InChI is InChI=1S/C10H10BrN3.ClH/c1-6-4-7-9(14-12)2-3-13-10(7)8(11)5-6;/h2-5H,12H2,1H3,(H,13,14);1H. The van der Waals surface area contributed by atoms with E-state index in [-0.39, 0.29) is 12.4 Å². The van der Waals surface area contributed by atoms with Crippen molar-refractivity contribution in [1.29, 1.82) is 0 Å². The van der Waals surface area contributed by atoms with E-state index in [2.05, 4.69) is 32.4 Å². The predicted molar refractivity (Wildman–Crippen MR) is 69.2 cm³/mol. The van der Waals surface area contributed by atoms with Crippen LogP contribution in [0.25, 0.3) is 10.9 Å². The summed E-state index contributed by atoms with van der Waals surface area (Å²) in [6.45, 7) is 2.04. The number of fused-ring (bicyclic) bond motifs is 1. The molecule has 0 unspecified atom stereocenters. The molecule has 0 saturated heterocycles. The van der Waals surface area contributed by atoms with Crippen molar-refractivity contribution >= 4 is 44.9 Å². The molecule has 15 heavy (non-hydrogen) atoms. The van der Waals surface area contributed by atoms with Gasteiger partial charge >= 0.3 is 0 Å². The summed E-state index contributed by atoms with van der Waals surface area (Å²) in [5.74, 6) is 5.42. The van der Waals surface area contributed by atoms with Gasteiger partial charge in [0, 0.05) is 16.1 Å². The first-order valence-corrected chi connectivity index (χ1v) is 5.03. The molecule has 0 aliphatic rings. The molecule has 80 valence electrons. The van der Waals surface area contributed by atoms with Crippen LogP contribution in [0, 0.1) is 6.92 Å². The van der Waals surface area contributed by atoms with Crippen LogP contribution < -0.4 is 11.3 Å². The van der Waals surface area contributed by atoms with E-state index in [1.54, 1.807) is 6.20 Å². The molecular weight excluding hydrogens is 277 g/mol. The minimum absolute atomic E-state index is 0. The van der Waals surface area contributed by atoms with Crippen LogP contribution in [0.15, 0.2) is 28.9 Å². The number of anilines is 1. The fraction of sp³-hybridized carbons (Fsp3) is 0.100. The number of aryl methyl sites for hydroxylation is 1. The summed E-state index contributed by atoms with van der Waals surface area (Å²) >= 11 is 3.48. The van der Waals surface area contributed by atoms with Gasteiger partial charge in [-0.25, -0.2) is 0 Å². The average Bonchev–Trinajstić information content (AvgIpc) is 2.17. The topological polar surface area (TPSA) is 50.9 Å². The molecule has 0 saturated carbocycles. The van der Waals surface area contributed by atoms with Crippen molar-refractivity contribution in [3.63, 3.8) is 0 Å². The van der Waals surface area contributed by atoms with Gasteiger partial charge in [0.1, 0.15) is 0 Å². The Bertz CT molecular complexity index is 487. The number of pyridine rings is 1. The number of nitrogens with two attached hydrogens (primary N) is 1. The van der Waals surface area contributed by atoms with Gasteiger partial charge in [-0.05, 0) is 46.6 Å². The van der Waals surface area contributed by atoms with E-state index in [0.29, 0.717) is 0 Å². The van der Waals surface area contributed by atoms with E-state index in [0.717, 1.165) is 21.1 Å². The number of aromatic nitrogens is 1. The summed E-state index contributed by atoms with van der Waals surface area (Å²) in [6.07, 6.45) is 1.73. The zero-order valence-electron chi connectivity index (χ0n) is 8.12. The molecule has 0 amide bonds. The van der Waals surface area contributed by atoms with Gasteiger partial charge < -0.3 is 5.43 Å². The van der Waals surface area contributed by atoms with E-state index in [9.17, 15) is 0 Å². The summed E-state index contributed by atoms with van der Waals surface area (Å²) < 4.78 is 0.990.